The average molecular weight is 219 g/mol. The largest absolute Gasteiger partial charge is 0.308 e. The Morgan fingerprint density at radius 3 is 3.13 bits per heavy atom. The molecule has 0 radical (unpaired) electrons. The van der Waals surface area contributed by atoms with Crippen LogP contribution in [0.25, 0.3) is 6.20 Å². The highest BCUT2D eigenvalue weighted by molar-refractivity contribution is 7.09. The lowest BCUT2D eigenvalue weighted by molar-refractivity contribution is 0.701. The Bertz CT molecular complexity index is 417. The molecule has 2 rings (SSSR count). The summed E-state index contributed by atoms with van der Waals surface area (Å²) >= 11 is 1.77. The molecule has 0 bridgehead atoms. The molecule has 0 saturated carbocycles. The number of rotatable bonds is 5. The minimum Gasteiger partial charge on any atom is -0.308 e. The number of hydrogen-bond donors (Lipinski definition) is 1. The average Bonchev–Trinajstić information content (AvgIpc) is 2.88. The van der Waals surface area contributed by atoms with Gasteiger partial charge in [-0.3, -0.25) is 0 Å². The Hall–Kier alpha value is -1.39. The van der Waals surface area contributed by atoms with Crippen LogP contribution < -0.4 is 5.32 Å². The van der Waals surface area contributed by atoms with Gasteiger partial charge in [0, 0.05) is 35.9 Å². The van der Waals surface area contributed by atoms with Gasteiger partial charge < -0.3 is 5.32 Å². The first-order valence-electron chi connectivity index (χ1n) is 4.77. The summed E-state index contributed by atoms with van der Waals surface area (Å²) in [6.07, 6.45) is 5.50. The van der Waals surface area contributed by atoms with Crippen molar-refractivity contribution in [3.63, 3.8) is 0 Å². The van der Waals surface area contributed by atoms with Crippen molar-refractivity contribution in [2.75, 3.05) is 0 Å². The fraction of sp³-hybridized carbons (Fsp3) is 0.182. The zero-order chi connectivity index (χ0) is 10.5. The summed E-state index contributed by atoms with van der Waals surface area (Å²) in [6.45, 7) is 5.40. The monoisotopic (exact) mass is 219 g/mol. The van der Waals surface area contributed by atoms with E-state index >= 15 is 0 Å². The van der Waals surface area contributed by atoms with Crippen molar-refractivity contribution in [1.29, 1.82) is 0 Å². The normalized spacial score (nSPS) is 10.4. The highest BCUT2D eigenvalue weighted by atomic mass is 32.1. The van der Waals surface area contributed by atoms with E-state index in [0.29, 0.717) is 0 Å². The minimum absolute atomic E-state index is 0.839. The number of thiophene rings is 1. The van der Waals surface area contributed by atoms with Crippen LogP contribution in [0.1, 0.15) is 10.4 Å². The summed E-state index contributed by atoms with van der Waals surface area (Å²) in [6, 6.07) is 4.20. The van der Waals surface area contributed by atoms with Gasteiger partial charge in [0.25, 0.3) is 0 Å². The zero-order valence-corrected chi connectivity index (χ0v) is 9.20. The van der Waals surface area contributed by atoms with E-state index in [9.17, 15) is 0 Å². The molecule has 0 aliphatic carbocycles. The molecule has 4 heteroatoms. The van der Waals surface area contributed by atoms with E-state index in [1.807, 2.05) is 12.4 Å². The second kappa shape index (κ2) is 4.91. The van der Waals surface area contributed by atoms with Gasteiger partial charge in [0.2, 0.25) is 0 Å². The Kier molecular flexibility index (Phi) is 3.32. The predicted octanol–water partition coefficient (Wildman–Crippen LogP) is 2.33. The van der Waals surface area contributed by atoms with Crippen LogP contribution in [0, 0.1) is 0 Å². The summed E-state index contributed by atoms with van der Waals surface area (Å²) < 4.78 is 1.71. The number of aromatic nitrogens is 2. The SMILES string of the molecule is C=Cn1cc(CNCc2cccs2)cn1. The first kappa shape index (κ1) is 10.1. The molecular weight excluding hydrogens is 206 g/mol. The first-order valence-corrected chi connectivity index (χ1v) is 5.65. The minimum atomic E-state index is 0.839. The molecule has 0 aromatic carbocycles. The first-order chi connectivity index (χ1) is 7.38. The molecule has 1 N–H and O–H groups in total. The fourth-order valence-corrected chi connectivity index (χ4v) is 1.99. The number of hydrogen-bond acceptors (Lipinski definition) is 3. The van der Waals surface area contributed by atoms with Crippen molar-refractivity contribution in [2.24, 2.45) is 0 Å². The maximum absolute atomic E-state index is 4.11. The van der Waals surface area contributed by atoms with Crippen molar-refractivity contribution in [3.8, 4) is 0 Å². The third-order valence-corrected chi connectivity index (χ3v) is 2.93. The number of nitrogens with one attached hydrogen (secondary N) is 1. The van der Waals surface area contributed by atoms with Crippen LogP contribution >= 0.6 is 11.3 Å². The van der Waals surface area contributed by atoms with E-state index in [2.05, 4.69) is 34.5 Å². The van der Waals surface area contributed by atoms with Crippen LogP contribution in [0.5, 0.6) is 0 Å². The molecule has 2 aromatic rings. The van der Waals surface area contributed by atoms with Crippen molar-refractivity contribution in [2.45, 2.75) is 13.1 Å². The molecule has 0 amide bonds. The van der Waals surface area contributed by atoms with Gasteiger partial charge in [-0.1, -0.05) is 12.6 Å². The van der Waals surface area contributed by atoms with Crippen molar-refractivity contribution in [3.05, 3.63) is 46.9 Å². The van der Waals surface area contributed by atoms with Crippen LogP contribution in [-0.4, -0.2) is 9.78 Å². The van der Waals surface area contributed by atoms with Crippen LogP contribution in [0.2, 0.25) is 0 Å². The van der Waals surface area contributed by atoms with Gasteiger partial charge in [0.05, 0.1) is 6.20 Å². The smallest absolute Gasteiger partial charge is 0.0538 e. The van der Waals surface area contributed by atoms with Crippen LogP contribution in [0.3, 0.4) is 0 Å². The molecule has 0 aliphatic rings. The third-order valence-electron chi connectivity index (χ3n) is 2.05. The zero-order valence-electron chi connectivity index (χ0n) is 8.39. The van der Waals surface area contributed by atoms with E-state index in [1.54, 1.807) is 22.2 Å². The fourth-order valence-electron chi connectivity index (χ4n) is 1.31. The van der Waals surface area contributed by atoms with Crippen molar-refractivity contribution in [1.82, 2.24) is 15.1 Å². The number of nitrogens with zero attached hydrogens (tertiary/aromatic N) is 2. The molecule has 78 valence electrons. The summed E-state index contributed by atoms with van der Waals surface area (Å²) in [5.74, 6) is 0. The molecule has 2 aromatic heterocycles. The molecule has 0 fully saturated rings. The Labute approximate surface area is 93.1 Å². The van der Waals surface area contributed by atoms with E-state index in [1.165, 1.54) is 10.4 Å². The van der Waals surface area contributed by atoms with Gasteiger partial charge in [-0.15, -0.1) is 11.3 Å². The van der Waals surface area contributed by atoms with E-state index < -0.39 is 0 Å². The summed E-state index contributed by atoms with van der Waals surface area (Å²) in [5.41, 5.74) is 1.17. The summed E-state index contributed by atoms with van der Waals surface area (Å²) in [7, 11) is 0. The molecule has 0 aliphatic heterocycles. The highest BCUT2D eigenvalue weighted by Gasteiger charge is 1.97. The topological polar surface area (TPSA) is 29.9 Å². The molecule has 0 unspecified atom stereocenters. The van der Waals surface area contributed by atoms with E-state index in [4.69, 9.17) is 0 Å². The molecule has 0 spiro atoms. The molecular formula is C11H13N3S. The Balaban J connectivity index is 1.80. The lowest BCUT2D eigenvalue weighted by atomic mass is 10.3. The highest BCUT2D eigenvalue weighted by Crippen LogP contribution is 2.07. The lowest BCUT2D eigenvalue weighted by Crippen LogP contribution is -2.11. The Morgan fingerprint density at radius 2 is 2.47 bits per heavy atom. The van der Waals surface area contributed by atoms with Gasteiger partial charge in [-0.2, -0.15) is 5.10 Å². The van der Waals surface area contributed by atoms with Crippen LogP contribution in [0.4, 0.5) is 0 Å². The van der Waals surface area contributed by atoms with Crippen LogP contribution in [-0.2, 0) is 13.1 Å². The molecule has 0 atom stereocenters. The second-order valence-electron chi connectivity index (χ2n) is 3.19. The molecule has 0 saturated heterocycles. The Morgan fingerprint density at radius 1 is 1.53 bits per heavy atom. The van der Waals surface area contributed by atoms with E-state index in [-0.39, 0.29) is 0 Å². The van der Waals surface area contributed by atoms with Crippen molar-refractivity contribution >= 4 is 17.5 Å². The van der Waals surface area contributed by atoms with E-state index in [0.717, 1.165) is 13.1 Å². The standard InChI is InChI=1S/C11H13N3S/c1-2-14-9-10(7-13-14)6-12-8-11-4-3-5-15-11/h2-5,7,9,12H,1,6,8H2. The maximum atomic E-state index is 4.11. The lowest BCUT2D eigenvalue weighted by Gasteiger charge is -1.99. The van der Waals surface area contributed by atoms with Crippen LogP contribution in [0.15, 0.2) is 36.5 Å². The van der Waals surface area contributed by atoms with Gasteiger partial charge in [0.1, 0.15) is 0 Å². The predicted molar refractivity (Wildman–Crippen MR) is 63.5 cm³/mol. The molecule has 3 nitrogen and oxygen atoms in total. The third kappa shape index (κ3) is 2.78. The molecule has 2 heterocycles. The maximum Gasteiger partial charge on any atom is 0.0538 e. The van der Waals surface area contributed by atoms with Gasteiger partial charge >= 0.3 is 0 Å². The molecule has 15 heavy (non-hydrogen) atoms. The van der Waals surface area contributed by atoms with Gasteiger partial charge in [-0.05, 0) is 11.4 Å². The summed E-state index contributed by atoms with van der Waals surface area (Å²) in [5, 5.41) is 9.57. The van der Waals surface area contributed by atoms with Crippen molar-refractivity contribution < 1.29 is 0 Å². The second-order valence-corrected chi connectivity index (χ2v) is 4.23. The van der Waals surface area contributed by atoms with Gasteiger partial charge in [-0.25, -0.2) is 4.68 Å². The quantitative estimate of drug-likeness (QED) is 0.836. The van der Waals surface area contributed by atoms with Gasteiger partial charge in [0.15, 0.2) is 0 Å². The summed E-state index contributed by atoms with van der Waals surface area (Å²) in [4.78, 5) is 1.35.